The standard InChI is InChI=1S/C14H17N4O/c1-16-10-9-13(17(2)14(16)19)11-15-18(3)12-7-5-4-6-8-12/h4-11H,1-3H3/q+1. The molecule has 0 atom stereocenters. The molecular weight excluding hydrogens is 240 g/mol. The normalized spacial score (nSPS) is 10.9. The van der Waals surface area contributed by atoms with E-state index in [1.165, 1.54) is 4.57 Å². The van der Waals surface area contributed by atoms with Crippen molar-refractivity contribution in [3.8, 4) is 0 Å². The molecule has 0 radical (unpaired) electrons. The highest BCUT2D eigenvalue weighted by Gasteiger charge is 2.07. The predicted molar refractivity (Wildman–Crippen MR) is 75.3 cm³/mol. The first-order valence-electron chi connectivity index (χ1n) is 5.98. The van der Waals surface area contributed by atoms with Gasteiger partial charge in [-0.25, -0.2) is 4.57 Å². The lowest BCUT2D eigenvalue weighted by Gasteiger charge is -2.11. The fourth-order valence-corrected chi connectivity index (χ4v) is 1.70. The molecule has 19 heavy (non-hydrogen) atoms. The van der Waals surface area contributed by atoms with Crippen molar-refractivity contribution in [1.29, 1.82) is 0 Å². The Kier molecular flexibility index (Phi) is 3.75. The van der Waals surface area contributed by atoms with Gasteiger partial charge in [-0.2, -0.15) is 14.5 Å². The molecule has 0 bridgehead atoms. The molecule has 0 amide bonds. The molecule has 0 spiro atoms. The zero-order valence-electron chi connectivity index (χ0n) is 11.3. The van der Waals surface area contributed by atoms with E-state index in [0.717, 1.165) is 11.4 Å². The van der Waals surface area contributed by atoms with E-state index in [4.69, 9.17) is 0 Å². The molecule has 5 heteroatoms. The summed E-state index contributed by atoms with van der Waals surface area (Å²) in [6.07, 6.45) is 3.40. The molecule has 0 saturated carbocycles. The fraction of sp³-hybridized carbons (Fsp3) is 0.214. The molecule has 1 aromatic carbocycles. The number of anilines is 1. The quantitative estimate of drug-likeness (QED) is 0.461. The topological polar surface area (TPSA) is 41.5 Å². The minimum absolute atomic E-state index is 0.0775. The highest BCUT2D eigenvalue weighted by molar-refractivity contribution is 5.77. The van der Waals surface area contributed by atoms with Gasteiger partial charge >= 0.3 is 5.69 Å². The van der Waals surface area contributed by atoms with Crippen molar-refractivity contribution in [2.75, 3.05) is 12.1 Å². The molecule has 2 rings (SSSR count). The molecule has 0 aliphatic rings. The highest BCUT2D eigenvalue weighted by Crippen LogP contribution is 2.10. The molecule has 98 valence electrons. The van der Waals surface area contributed by atoms with Gasteiger partial charge in [0, 0.05) is 13.1 Å². The van der Waals surface area contributed by atoms with Crippen molar-refractivity contribution in [3.63, 3.8) is 0 Å². The number of nitrogens with zero attached hydrogens (tertiary/aromatic N) is 4. The molecule has 0 aliphatic carbocycles. The van der Waals surface area contributed by atoms with E-state index in [9.17, 15) is 4.79 Å². The minimum atomic E-state index is -0.0775. The van der Waals surface area contributed by atoms with Gasteiger partial charge in [-0.15, -0.1) is 0 Å². The molecule has 0 unspecified atom stereocenters. The minimum Gasteiger partial charge on any atom is -0.268 e. The first kappa shape index (κ1) is 13.0. The van der Waals surface area contributed by atoms with Crippen LogP contribution in [0.5, 0.6) is 0 Å². The lowest BCUT2D eigenvalue weighted by Crippen LogP contribution is -2.51. The molecule has 0 saturated heterocycles. The van der Waals surface area contributed by atoms with Gasteiger partial charge in [0.25, 0.3) is 0 Å². The van der Waals surface area contributed by atoms with E-state index < -0.39 is 0 Å². The Hall–Kier alpha value is -2.43. The highest BCUT2D eigenvalue weighted by atomic mass is 16.1. The number of aromatic nitrogens is 2. The van der Waals surface area contributed by atoms with Gasteiger partial charge < -0.3 is 0 Å². The summed E-state index contributed by atoms with van der Waals surface area (Å²) in [7, 11) is 5.32. The maximum atomic E-state index is 11.8. The van der Waals surface area contributed by atoms with E-state index in [1.807, 2.05) is 43.4 Å². The molecule has 0 aliphatic heterocycles. The first-order valence-corrected chi connectivity index (χ1v) is 5.98. The van der Waals surface area contributed by atoms with Gasteiger partial charge in [0.1, 0.15) is 0 Å². The van der Waals surface area contributed by atoms with Gasteiger partial charge in [-0.05, 0) is 12.1 Å². The van der Waals surface area contributed by atoms with Crippen LogP contribution in [-0.4, -0.2) is 17.8 Å². The summed E-state index contributed by atoms with van der Waals surface area (Å²) in [5.74, 6) is 0. The first-order chi connectivity index (χ1) is 9.09. The van der Waals surface area contributed by atoms with Crippen LogP contribution in [0.25, 0.3) is 0 Å². The zero-order valence-corrected chi connectivity index (χ0v) is 11.3. The van der Waals surface area contributed by atoms with Crippen LogP contribution >= 0.6 is 0 Å². The average molecular weight is 257 g/mol. The van der Waals surface area contributed by atoms with E-state index in [0.29, 0.717) is 0 Å². The fourth-order valence-electron chi connectivity index (χ4n) is 1.70. The summed E-state index contributed by atoms with van der Waals surface area (Å²) < 4.78 is 3.08. The lowest BCUT2D eigenvalue weighted by atomic mass is 10.3. The van der Waals surface area contributed by atoms with Crippen molar-refractivity contribution < 1.29 is 4.57 Å². The molecular formula is C14H17N4O+. The Bertz CT molecular complexity index is 646. The molecule has 0 fully saturated rings. The van der Waals surface area contributed by atoms with Crippen LogP contribution in [0.4, 0.5) is 5.69 Å². The van der Waals surface area contributed by atoms with Crippen molar-refractivity contribution in [2.24, 2.45) is 19.2 Å². The molecule has 2 aromatic rings. The van der Waals surface area contributed by atoms with Crippen LogP contribution in [-0.2, 0) is 14.1 Å². The monoisotopic (exact) mass is 257 g/mol. The van der Waals surface area contributed by atoms with Crippen molar-refractivity contribution in [1.82, 2.24) is 4.57 Å². The van der Waals surface area contributed by atoms with Crippen LogP contribution < -0.4 is 15.3 Å². The van der Waals surface area contributed by atoms with Gasteiger partial charge in [-0.1, -0.05) is 18.2 Å². The average Bonchev–Trinajstić information content (AvgIpc) is 2.45. The molecule has 0 N–H and O–H groups in total. The van der Waals surface area contributed by atoms with Crippen LogP contribution in [0.2, 0.25) is 0 Å². The van der Waals surface area contributed by atoms with Gasteiger partial charge in [0.2, 0.25) is 0 Å². The number of para-hydroxylation sites is 1. The number of rotatable bonds is 3. The maximum absolute atomic E-state index is 11.8. The molecule has 1 aromatic heterocycles. The van der Waals surface area contributed by atoms with Crippen LogP contribution in [0, 0.1) is 0 Å². The Morgan fingerprint density at radius 3 is 2.63 bits per heavy atom. The van der Waals surface area contributed by atoms with Gasteiger partial charge in [0.15, 0.2) is 5.69 Å². The number of hydrogen-bond acceptors (Lipinski definition) is 3. The third-order valence-electron chi connectivity index (χ3n) is 2.94. The molecule has 5 nitrogen and oxygen atoms in total. The summed E-state index contributed by atoms with van der Waals surface area (Å²) in [5, 5.41) is 6.10. The number of hydrogen-bond donors (Lipinski definition) is 0. The molecule has 1 heterocycles. The Labute approximate surface area is 112 Å². The summed E-state index contributed by atoms with van der Waals surface area (Å²) >= 11 is 0. The predicted octanol–water partition coefficient (Wildman–Crippen LogP) is 0.680. The van der Waals surface area contributed by atoms with Crippen LogP contribution in [0.1, 0.15) is 5.69 Å². The number of aryl methyl sites for hydroxylation is 1. The third-order valence-corrected chi connectivity index (χ3v) is 2.94. The number of hydrazone groups is 1. The van der Waals surface area contributed by atoms with Gasteiger partial charge in [0.05, 0.1) is 32.2 Å². The summed E-state index contributed by atoms with van der Waals surface area (Å²) in [5.41, 5.74) is 1.67. The van der Waals surface area contributed by atoms with E-state index in [-0.39, 0.29) is 5.69 Å². The SMILES string of the molecule is CN(/N=C\c1cc[n+](C)c(=O)n1C)c1ccccc1. The largest absolute Gasteiger partial charge is 0.497 e. The Morgan fingerprint density at radius 2 is 1.95 bits per heavy atom. The van der Waals surface area contributed by atoms with E-state index in [2.05, 4.69) is 5.10 Å². The van der Waals surface area contributed by atoms with Crippen LogP contribution in [0.15, 0.2) is 52.5 Å². The van der Waals surface area contributed by atoms with Crippen molar-refractivity contribution in [2.45, 2.75) is 0 Å². The van der Waals surface area contributed by atoms with E-state index in [1.54, 1.807) is 36.1 Å². The second kappa shape index (κ2) is 5.48. The Morgan fingerprint density at radius 1 is 1.26 bits per heavy atom. The second-order valence-electron chi connectivity index (χ2n) is 4.30. The summed E-state index contributed by atoms with van der Waals surface area (Å²) in [6.45, 7) is 0. The van der Waals surface area contributed by atoms with E-state index >= 15 is 0 Å². The Balaban J connectivity index is 2.24. The maximum Gasteiger partial charge on any atom is 0.497 e. The van der Waals surface area contributed by atoms with Gasteiger partial charge in [-0.3, -0.25) is 5.01 Å². The smallest absolute Gasteiger partial charge is 0.268 e. The summed E-state index contributed by atoms with van der Waals surface area (Å²) in [4.78, 5) is 11.8. The van der Waals surface area contributed by atoms with Crippen molar-refractivity contribution >= 4 is 11.9 Å². The second-order valence-corrected chi connectivity index (χ2v) is 4.30. The number of benzene rings is 1. The summed E-state index contributed by atoms with van der Waals surface area (Å²) in [6, 6.07) is 11.7. The zero-order chi connectivity index (χ0) is 13.8. The lowest BCUT2D eigenvalue weighted by molar-refractivity contribution is -0.690. The third kappa shape index (κ3) is 2.88. The van der Waals surface area contributed by atoms with Crippen molar-refractivity contribution in [3.05, 3.63) is 58.8 Å². The van der Waals surface area contributed by atoms with Crippen LogP contribution in [0.3, 0.4) is 0 Å².